The lowest BCUT2D eigenvalue weighted by molar-refractivity contribution is -0.0325. The first kappa shape index (κ1) is 16.3. The van der Waals surface area contributed by atoms with Gasteiger partial charge in [-0.1, -0.05) is 27.7 Å². The van der Waals surface area contributed by atoms with Crippen LogP contribution in [0.5, 0.6) is 0 Å². The Labute approximate surface area is 124 Å². The first-order valence-electron chi connectivity index (χ1n) is 8.45. The molecular formula is C17H33NO2. The molecule has 2 aliphatic rings. The van der Waals surface area contributed by atoms with E-state index < -0.39 is 0 Å². The summed E-state index contributed by atoms with van der Waals surface area (Å²) in [7, 11) is 0. The Morgan fingerprint density at radius 3 is 2.50 bits per heavy atom. The molecule has 0 aromatic carbocycles. The summed E-state index contributed by atoms with van der Waals surface area (Å²) in [5.41, 5.74) is 0.349. The second-order valence-corrected chi connectivity index (χ2v) is 7.73. The highest BCUT2D eigenvalue weighted by Crippen LogP contribution is 2.39. The minimum Gasteiger partial charge on any atom is -0.391 e. The summed E-state index contributed by atoms with van der Waals surface area (Å²) in [5, 5.41) is 10.4. The van der Waals surface area contributed by atoms with Crippen LogP contribution in [0.3, 0.4) is 0 Å². The fraction of sp³-hybridized carbons (Fsp3) is 1.00. The van der Waals surface area contributed by atoms with Gasteiger partial charge in [0.25, 0.3) is 0 Å². The third-order valence-electron chi connectivity index (χ3n) is 5.34. The number of nitrogens with zero attached hydrogens (tertiary/aromatic N) is 1. The highest BCUT2D eigenvalue weighted by atomic mass is 16.5. The summed E-state index contributed by atoms with van der Waals surface area (Å²) < 4.78 is 5.78. The van der Waals surface area contributed by atoms with E-state index in [2.05, 4.69) is 32.6 Å². The zero-order valence-electron chi connectivity index (χ0n) is 13.8. The molecule has 0 radical (unpaired) electrons. The van der Waals surface area contributed by atoms with Gasteiger partial charge in [0.2, 0.25) is 0 Å². The fourth-order valence-electron chi connectivity index (χ4n) is 3.86. The van der Waals surface area contributed by atoms with E-state index in [0.29, 0.717) is 17.6 Å². The van der Waals surface area contributed by atoms with E-state index >= 15 is 0 Å². The largest absolute Gasteiger partial charge is 0.391 e. The van der Waals surface area contributed by atoms with E-state index in [9.17, 15) is 5.11 Å². The molecule has 3 heteroatoms. The molecule has 2 rings (SSSR count). The summed E-state index contributed by atoms with van der Waals surface area (Å²) in [4.78, 5) is 2.47. The van der Waals surface area contributed by atoms with Gasteiger partial charge in [-0.3, -0.25) is 4.90 Å². The van der Waals surface area contributed by atoms with Gasteiger partial charge in [0.15, 0.2) is 0 Å². The lowest BCUT2D eigenvalue weighted by Gasteiger charge is -2.44. The predicted octanol–water partition coefficient (Wildman–Crippen LogP) is 3.06. The molecule has 2 fully saturated rings. The Bertz CT molecular complexity index is 294. The molecule has 4 unspecified atom stereocenters. The van der Waals surface area contributed by atoms with Crippen molar-refractivity contribution in [2.45, 2.75) is 78.0 Å². The van der Waals surface area contributed by atoms with Crippen LogP contribution in [0.1, 0.15) is 59.8 Å². The van der Waals surface area contributed by atoms with Crippen molar-refractivity contribution < 1.29 is 9.84 Å². The summed E-state index contributed by atoms with van der Waals surface area (Å²) in [6.45, 7) is 12.1. The Balaban J connectivity index is 1.98. The molecule has 1 saturated heterocycles. The van der Waals surface area contributed by atoms with Crippen LogP contribution in [0.2, 0.25) is 0 Å². The molecule has 1 aliphatic carbocycles. The summed E-state index contributed by atoms with van der Waals surface area (Å²) >= 11 is 0. The first-order chi connectivity index (χ1) is 9.41. The van der Waals surface area contributed by atoms with Gasteiger partial charge in [0.05, 0.1) is 12.2 Å². The normalized spacial score (nSPS) is 35.7. The van der Waals surface area contributed by atoms with Crippen LogP contribution in [0, 0.1) is 11.3 Å². The Morgan fingerprint density at radius 2 is 1.95 bits per heavy atom. The number of aliphatic hydroxyl groups excluding tert-OH is 1. The first-order valence-corrected chi connectivity index (χ1v) is 8.45. The molecule has 1 aliphatic heterocycles. The minimum atomic E-state index is -0.157. The lowest BCUT2D eigenvalue weighted by atomic mass is 9.70. The van der Waals surface area contributed by atoms with Crippen LogP contribution in [0.15, 0.2) is 0 Å². The molecule has 0 aromatic heterocycles. The van der Waals surface area contributed by atoms with Gasteiger partial charge in [-0.15, -0.1) is 0 Å². The van der Waals surface area contributed by atoms with Gasteiger partial charge < -0.3 is 9.84 Å². The Hall–Kier alpha value is -0.120. The van der Waals surface area contributed by atoms with E-state index in [0.717, 1.165) is 38.5 Å². The quantitative estimate of drug-likeness (QED) is 0.860. The van der Waals surface area contributed by atoms with Crippen molar-refractivity contribution >= 4 is 0 Å². The van der Waals surface area contributed by atoms with E-state index in [4.69, 9.17) is 4.74 Å². The number of ether oxygens (including phenoxy) is 1. The summed E-state index contributed by atoms with van der Waals surface area (Å²) in [6, 6.07) is 0.321. The lowest BCUT2D eigenvalue weighted by Crippen LogP contribution is -2.51. The zero-order chi connectivity index (χ0) is 14.8. The van der Waals surface area contributed by atoms with Crippen LogP contribution < -0.4 is 0 Å². The molecule has 0 aromatic rings. The van der Waals surface area contributed by atoms with E-state index in [1.54, 1.807) is 0 Å². The number of rotatable bonds is 4. The van der Waals surface area contributed by atoms with Crippen molar-refractivity contribution in [3.8, 4) is 0 Å². The van der Waals surface area contributed by atoms with Gasteiger partial charge in [-0.25, -0.2) is 0 Å². The van der Waals surface area contributed by atoms with Crippen molar-refractivity contribution in [2.75, 3.05) is 19.7 Å². The average molecular weight is 283 g/mol. The molecule has 1 heterocycles. The predicted molar refractivity (Wildman–Crippen MR) is 82.8 cm³/mol. The number of aliphatic hydroxyl groups is 1. The van der Waals surface area contributed by atoms with Crippen LogP contribution in [0.25, 0.3) is 0 Å². The molecule has 4 atom stereocenters. The number of hydrogen-bond donors (Lipinski definition) is 1. The third kappa shape index (κ3) is 3.96. The molecule has 0 amide bonds. The average Bonchev–Trinajstić information content (AvgIpc) is 2.88. The summed E-state index contributed by atoms with van der Waals surface area (Å²) in [6.07, 6.45) is 5.85. The SMILES string of the molecule is CCN(CC1CCCO1)C1CC(C(C)(C)C)CCC1O. The van der Waals surface area contributed by atoms with Crippen LogP contribution in [-0.4, -0.2) is 48.0 Å². The molecule has 3 nitrogen and oxygen atoms in total. The Morgan fingerprint density at radius 1 is 1.20 bits per heavy atom. The minimum absolute atomic E-state index is 0.157. The molecule has 20 heavy (non-hydrogen) atoms. The third-order valence-corrected chi connectivity index (χ3v) is 5.34. The highest BCUT2D eigenvalue weighted by molar-refractivity contribution is 4.91. The summed E-state index contributed by atoms with van der Waals surface area (Å²) in [5.74, 6) is 0.717. The van der Waals surface area contributed by atoms with Crippen LogP contribution in [0.4, 0.5) is 0 Å². The topological polar surface area (TPSA) is 32.7 Å². The van der Waals surface area contributed by atoms with Crippen molar-refractivity contribution in [1.29, 1.82) is 0 Å². The maximum atomic E-state index is 10.4. The van der Waals surface area contributed by atoms with E-state index in [1.165, 1.54) is 19.3 Å². The van der Waals surface area contributed by atoms with Crippen molar-refractivity contribution in [2.24, 2.45) is 11.3 Å². The van der Waals surface area contributed by atoms with Gasteiger partial charge in [0, 0.05) is 19.2 Å². The molecule has 1 N–H and O–H groups in total. The zero-order valence-corrected chi connectivity index (χ0v) is 13.8. The van der Waals surface area contributed by atoms with Crippen molar-refractivity contribution in [1.82, 2.24) is 4.90 Å². The molecule has 0 spiro atoms. The Kier molecular flexibility index (Phi) is 5.49. The maximum absolute atomic E-state index is 10.4. The highest BCUT2D eigenvalue weighted by Gasteiger charge is 2.38. The molecule has 118 valence electrons. The molecule has 1 saturated carbocycles. The number of likely N-dealkylation sites (N-methyl/N-ethyl adjacent to an activating group) is 1. The van der Waals surface area contributed by atoms with Crippen molar-refractivity contribution in [3.05, 3.63) is 0 Å². The fourth-order valence-corrected chi connectivity index (χ4v) is 3.86. The van der Waals surface area contributed by atoms with Gasteiger partial charge >= 0.3 is 0 Å². The number of hydrogen-bond acceptors (Lipinski definition) is 3. The maximum Gasteiger partial charge on any atom is 0.0702 e. The van der Waals surface area contributed by atoms with Crippen LogP contribution >= 0.6 is 0 Å². The van der Waals surface area contributed by atoms with E-state index in [1.807, 2.05) is 0 Å². The van der Waals surface area contributed by atoms with Gasteiger partial charge in [-0.2, -0.15) is 0 Å². The second-order valence-electron chi connectivity index (χ2n) is 7.73. The van der Waals surface area contributed by atoms with Gasteiger partial charge in [-0.05, 0) is 50.0 Å². The van der Waals surface area contributed by atoms with Crippen LogP contribution in [-0.2, 0) is 4.74 Å². The monoisotopic (exact) mass is 283 g/mol. The second kappa shape index (κ2) is 6.76. The standard InChI is InChI=1S/C17H33NO2/c1-5-18(12-14-7-6-10-20-14)15-11-13(17(2,3)4)8-9-16(15)19/h13-16,19H,5-12H2,1-4H3. The van der Waals surface area contributed by atoms with E-state index in [-0.39, 0.29) is 6.10 Å². The molecule has 0 bridgehead atoms. The van der Waals surface area contributed by atoms with Gasteiger partial charge in [0.1, 0.15) is 0 Å². The van der Waals surface area contributed by atoms with Crippen molar-refractivity contribution in [3.63, 3.8) is 0 Å². The smallest absolute Gasteiger partial charge is 0.0702 e. The molecular weight excluding hydrogens is 250 g/mol.